The molecule has 0 saturated carbocycles. The number of nitrogens with zero attached hydrogens (tertiary/aromatic N) is 4. The average molecular weight is 401 g/mol. The number of H-pyrrole nitrogens is 1. The third kappa shape index (κ3) is 3.75. The minimum absolute atomic E-state index is 0.0406. The maximum Gasteiger partial charge on any atom is 0.233 e. The largest absolute Gasteiger partial charge is 0.497 e. The number of aromatic amines is 1. The summed E-state index contributed by atoms with van der Waals surface area (Å²) >= 11 is 1.31. The van der Waals surface area contributed by atoms with Crippen molar-refractivity contribution >= 4 is 28.7 Å². The Morgan fingerprint density at radius 1 is 1.36 bits per heavy atom. The van der Waals surface area contributed by atoms with E-state index < -0.39 is 0 Å². The van der Waals surface area contributed by atoms with Crippen LogP contribution in [0.2, 0.25) is 0 Å². The molecule has 0 fully saturated rings. The van der Waals surface area contributed by atoms with Gasteiger partial charge in [-0.2, -0.15) is 5.10 Å². The van der Waals surface area contributed by atoms with Gasteiger partial charge >= 0.3 is 0 Å². The summed E-state index contributed by atoms with van der Waals surface area (Å²) in [5.41, 5.74) is 2.26. The molecule has 1 aromatic carbocycles. The molecule has 0 aliphatic rings. The number of hydrogen-bond donors (Lipinski definition) is 2. The molecular weight excluding hydrogens is 376 g/mol. The molecule has 0 aliphatic heterocycles. The zero-order chi connectivity index (χ0) is 20.3. The Labute approximate surface area is 167 Å². The highest BCUT2D eigenvalue weighted by atomic mass is 32.2. The van der Waals surface area contributed by atoms with Crippen molar-refractivity contribution in [2.75, 3.05) is 26.0 Å². The minimum Gasteiger partial charge on any atom is -0.497 e. The van der Waals surface area contributed by atoms with Gasteiger partial charge in [-0.25, -0.2) is 4.98 Å². The highest BCUT2D eigenvalue weighted by Crippen LogP contribution is 2.24. The molecule has 9 heteroatoms. The van der Waals surface area contributed by atoms with Crippen LogP contribution in [0.1, 0.15) is 19.5 Å². The molecule has 8 nitrogen and oxygen atoms in total. The van der Waals surface area contributed by atoms with Crippen LogP contribution in [-0.2, 0) is 4.79 Å². The van der Waals surface area contributed by atoms with Crippen LogP contribution in [0.4, 0.5) is 0 Å². The topological polar surface area (TPSA) is 99.9 Å². The fraction of sp³-hybridized carbons (Fsp3) is 0.368. The maximum atomic E-state index is 12.5. The Hall–Kier alpha value is -2.81. The molecule has 0 radical (unpaired) electrons. The van der Waals surface area contributed by atoms with Crippen molar-refractivity contribution in [1.82, 2.24) is 24.6 Å². The zero-order valence-corrected chi connectivity index (χ0v) is 17.3. The number of aryl methyl sites for hydroxylation is 1. The molecule has 1 amide bonds. The fourth-order valence-corrected chi connectivity index (χ4v) is 3.92. The summed E-state index contributed by atoms with van der Waals surface area (Å²) < 4.78 is 7.06. The van der Waals surface area contributed by atoms with Crippen molar-refractivity contribution in [2.45, 2.75) is 25.9 Å². The molecule has 0 spiro atoms. The fourth-order valence-electron chi connectivity index (χ4n) is 3.01. The van der Waals surface area contributed by atoms with E-state index in [9.17, 15) is 4.79 Å². The number of methoxy groups -OCH3 is 1. The van der Waals surface area contributed by atoms with Crippen molar-refractivity contribution in [3.63, 3.8) is 0 Å². The van der Waals surface area contributed by atoms with Crippen LogP contribution < -0.4 is 10.2 Å². The van der Waals surface area contributed by atoms with Crippen LogP contribution in [0, 0.1) is 12.3 Å². The summed E-state index contributed by atoms with van der Waals surface area (Å²) in [5, 5.41) is 17.0. The first-order valence-corrected chi connectivity index (χ1v) is 10.1. The summed E-state index contributed by atoms with van der Waals surface area (Å²) in [6.45, 7) is 7.12. The number of carbonyl (C=O) groups is 1. The second-order valence-corrected chi connectivity index (χ2v) is 7.12. The maximum absolute atomic E-state index is 12.5. The molecule has 28 heavy (non-hydrogen) atoms. The van der Waals surface area contributed by atoms with Crippen LogP contribution in [0.15, 0.2) is 29.4 Å². The van der Waals surface area contributed by atoms with Crippen molar-refractivity contribution in [1.29, 1.82) is 5.41 Å². The predicted octanol–water partition coefficient (Wildman–Crippen LogP) is 2.51. The van der Waals surface area contributed by atoms with Gasteiger partial charge in [-0.3, -0.25) is 19.9 Å². The van der Waals surface area contributed by atoms with Gasteiger partial charge < -0.3 is 9.64 Å². The number of thioether (sulfide) groups is 1. The molecule has 0 saturated heterocycles. The highest BCUT2D eigenvalue weighted by Gasteiger charge is 2.18. The number of rotatable bonds is 7. The molecule has 2 aromatic heterocycles. The van der Waals surface area contributed by atoms with Crippen molar-refractivity contribution in [2.24, 2.45) is 0 Å². The van der Waals surface area contributed by atoms with Gasteiger partial charge in [0.2, 0.25) is 5.91 Å². The number of fused-ring (bicyclic) bond motifs is 1. The number of benzene rings is 1. The number of nitrogens with one attached hydrogen (secondary N) is 2. The molecule has 0 aliphatic carbocycles. The number of ether oxygens (including phenoxy) is 1. The summed E-state index contributed by atoms with van der Waals surface area (Å²) in [5.74, 6) is 0.968. The van der Waals surface area contributed by atoms with E-state index in [0.717, 1.165) is 11.4 Å². The molecule has 0 unspecified atom stereocenters. The van der Waals surface area contributed by atoms with E-state index in [1.54, 1.807) is 16.6 Å². The smallest absolute Gasteiger partial charge is 0.233 e. The minimum atomic E-state index is 0.0406. The molecule has 0 atom stereocenters. The Balaban J connectivity index is 2.10. The lowest BCUT2D eigenvalue weighted by atomic mass is 10.2. The second-order valence-electron chi connectivity index (χ2n) is 6.18. The van der Waals surface area contributed by atoms with E-state index >= 15 is 0 Å². The Morgan fingerprint density at radius 3 is 2.79 bits per heavy atom. The lowest BCUT2D eigenvalue weighted by Crippen LogP contribution is -2.32. The van der Waals surface area contributed by atoms with Crippen molar-refractivity contribution in [3.8, 4) is 11.4 Å². The Morgan fingerprint density at radius 2 is 2.11 bits per heavy atom. The van der Waals surface area contributed by atoms with Gasteiger partial charge in [0.1, 0.15) is 11.2 Å². The molecular formula is C19H24N6O2S. The van der Waals surface area contributed by atoms with E-state index in [4.69, 9.17) is 10.1 Å². The summed E-state index contributed by atoms with van der Waals surface area (Å²) in [6.07, 6.45) is 0. The van der Waals surface area contributed by atoms with Crippen molar-refractivity contribution in [3.05, 3.63) is 35.4 Å². The molecule has 2 N–H and O–H groups in total. The summed E-state index contributed by atoms with van der Waals surface area (Å²) in [4.78, 5) is 18.9. The standard InChI is InChI=1S/C19H24N6O2S/c1-5-24(6-2)15(26)11-28-19-21-18-16(12(3)22-23-18)17(20)25(19)13-8-7-9-14(10-13)27-4/h7-10,20H,5-6,11H2,1-4H3,(H,22,23). The molecule has 2 heterocycles. The lowest BCUT2D eigenvalue weighted by Gasteiger charge is -2.19. The summed E-state index contributed by atoms with van der Waals surface area (Å²) in [7, 11) is 1.60. The molecule has 3 aromatic rings. The Bertz CT molecular complexity index is 1050. The summed E-state index contributed by atoms with van der Waals surface area (Å²) in [6, 6.07) is 7.44. The first kappa shape index (κ1) is 19.9. The number of amides is 1. The molecule has 0 bridgehead atoms. The van der Waals surface area contributed by atoms with E-state index in [2.05, 4.69) is 15.2 Å². The third-order valence-electron chi connectivity index (χ3n) is 4.53. The van der Waals surface area contributed by atoms with Crippen LogP contribution in [-0.4, -0.2) is 56.5 Å². The Kier molecular flexibility index (Phi) is 6.03. The van der Waals surface area contributed by atoms with E-state index in [1.807, 2.05) is 45.0 Å². The van der Waals surface area contributed by atoms with Gasteiger partial charge in [0, 0.05) is 24.8 Å². The lowest BCUT2D eigenvalue weighted by molar-refractivity contribution is -0.127. The van der Waals surface area contributed by atoms with Crippen LogP contribution in [0.5, 0.6) is 5.75 Å². The van der Waals surface area contributed by atoms with Gasteiger partial charge in [-0.05, 0) is 32.9 Å². The average Bonchev–Trinajstić information content (AvgIpc) is 3.08. The monoisotopic (exact) mass is 400 g/mol. The van der Waals surface area contributed by atoms with Gasteiger partial charge in [0.15, 0.2) is 10.8 Å². The first-order chi connectivity index (χ1) is 13.5. The van der Waals surface area contributed by atoms with Gasteiger partial charge in [-0.15, -0.1) is 0 Å². The zero-order valence-electron chi connectivity index (χ0n) is 16.4. The quantitative estimate of drug-likeness (QED) is 0.469. The molecule has 3 rings (SSSR count). The van der Waals surface area contributed by atoms with Crippen LogP contribution >= 0.6 is 11.8 Å². The van der Waals surface area contributed by atoms with Crippen molar-refractivity contribution < 1.29 is 9.53 Å². The van der Waals surface area contributed by atoms with E-state index in [-0.39, 0.29) is 17.1 Å². The number of carbonyl (C=O) groups excluding carboxylic acids is 1. The predicted molar refractivity (Wildman–Crippen MR) is 109 cm³/mol. The van der Waals surface area contributed by atoms with Gasteiger partial charge in [0.05, 0.1) is 23.9 Å². The first-order valence-electron chi connectivity index (χ1n) is 9.07. The SMILES string of the molecule is CCN(CC)C(=O)CSc1nc2n[nH]c(C)c2c(=N)n1-c1cccc(OC)c1. The van der Waals surface area contributed by atoms with Crippen LogP contribution in [0.25, 0.3) is 16.7 Å². The van der Waals surface area contributed by atoms with Gasteiger partial charge in [-0.1, -0.05) is 17.8 Å². The van der Waals surface area contributed by atoms with Crippen LogP contribution in [0.3, 0.4) is 0 Å². The van der Waals surface area contributed by atoms with E-state index in [1.165, 1.54) is 11.8 Å². The number of hydrogen-bond acceptors (Lipinski definition) is 6. The third-order valence-corrected chi connectivity index (χ3v) is 5.46. The second kappa shape index (κ2) is 8.47. The van der Waals surface area contributed by atoms with Gasteiger partial charge in [0.25, 0.3) is 0 Å². The normalized spacial score (nSPS) is 11.0. The highest BCUT2D eigenvalue weighted by molar-refractivity contribution is 7.99. The molecule has 148 valence electrons. The van der Waals surface area contributed by atoms with E-state index in [0.29, 0.717) is 35.0 Å². The number of aromatic nitrogens is 4.